The number of amides is 2. The topological polar surface area (TPSA) is 52.7 Å². The number of benzene rings is 1. The highest BCUT2D eigenvalue weighted by molar-refractivity contribution is 6.31. The molecule has 2 rings (SSSR count). The lowest BCUT2D eigenvalue weighted by Gasteiger charge is -2.20. The number of nitrogens with zero attached hydrogens (tertiary/aromatic N) is 2. The zero-order chi connectivity index (χ0) is 16.1. The minimum Gasteiger partial charge on any atom is -0.342 e. The van der Waals surface area contributed by atoms with Gasteiger partial charge in [-0.15, -0.1) is 0 Å². The molecule has 1 aromatic carbocycles. The van der Waals surface area contributed by atoms with E-state index in [1.807, 2.05) is 24.0 Å². The van der Waals surface area contributed by atoms with Gasteiger partial charge in [-0.1, -0.05) is 17.7 Å². The molecule has 1 saturated heterocycles. The van der Waals surface area contributed by atoms with E-state index >= 15 is 0 Å². The van der Waals surface area contributed by atoms with Crippen LogP contribution in [0, 0.1) is 6.92 Å². The predicted molar refractivity (Wildman–Crippen MR) is 88.1 cm³/mol. The van der Waals surface area contributed by atoms with Gasteiger partial charge in [0.1, 0.15) is 0 Å². The molecule has 22 heavy (non-hydrogen) atoms. The molecule has 0 aliphatic carbocycles. The van der Waals surface area contributed by atoms with E-state index in [9.17, 15) is 9.59 Å². The number of carbonyl (C=O) groups excluding carboxylic acids is 2. The Balaban J connectivity index is 1.89. The normalized spacial score (nSPS) is 16.2. The maximum Gasteiger partial charge on any atom is 0.238 e. The second kappa shape index (κ2) is 7.61. The minimum atomic E-state index is -0.0540. The van der Waals surface area contributed by atoms with E-state index in [1.54, 1.807) is 13.0 Å². The quantitative estimate of drug-likeness (QED) is 0.927. The summed E-state index contributed by atoms with van der Waals surface area (Å²) in [4.78, 5) is 27.5. The van der Waals surface area contributed by atoms with Gasteiger partial charge in [0.15, 0.2) is 0 Å². The van der Waals surface area contributed by atoms with Crippen LogP contribution in [0.1, 0.15) is 18.9 Å². The molecular formula is C16H22ClN3O2. The van der Waals surface area contributed by atoms with Crippen LogP contribution >= 0.6 is 11.6 Å². The lowest BCUT2D eigenvalue weighted by Crippen LogP contribution is -2.37. The van der Waals surface area contributed by atoms with Crippen LogP contribution in [-0.2, 0) is 9.59 Å². The molecule has 1 aliphatic heterocycles. The summed E-state index contributed by atoms with van der Waals surface area (Å²) in [5.74, 6) is 0.0440. The van der Waals surface area contributed by atoms with Crippen molar-refractivity contribution >= 4 is 29.1 Å². The molecule has 0 aromatic heterocycles. The van der Waals surface area contributed by atoms with E-state index in [0.29, 0.717) is 18.1 Å². The van der Waals surface area contributed by atoms with Crippen LogP contribution in [0.3, 0.4) is 0 Å². The van der Waals surface area contributed by atoms with Crippen LogP contribution in [0.25, 0.3) is 0 Å². The molecule has 0 bridgehead atoms. The molecule has 1 N–H and O–H groups in total. The fraction of sp³-hybridized carbons (Fsp3) is 0.500. The van der Waals surface area contributed by atoms with Crippen LogP contribution in [0.15, 0.2) is 18.2 Å². The van der Waals surface area contributed by atoms with Crippen molar-refractivity contribution < 1.29 is 9.59 Å². The zero-order valence-electron chi connectivity index (χ0n) is 13.1. The first-order valence-electron chi connectivity index (χ1n) is 7.50. The van der Waals surface area contributed by atoms with E-state index in [0.717, 1.165) is 37.3 Å². The number of nitrogens with one attached hydrogen (secondary N) is 1. The molecule has 0 spiro atoms. The molecule has 0 atom stereocenters. The van der Waals surface area contributed by atoms with Crippen molar-refractivity contribution in [1.82, 2.24) is 9.80 Å². The van der Waals surface area contributed by atoms with Crippen molar-refractivity contribution in [2.24, 2.45) is 0 Å². The van der Waals surface area contributed by atoms with E-state index in [-0.39, 0.29) is 11.8 Å². The van der Waals surface area contributed by atoms with Gasteiger partial charge in [0.25, 0.3) is 0 Å². The summed E-state index contributed by atoms with van der Waals surface area (Å²) in [6, 6.07) is 5.47. The van der Waals surface area contributed by atoms with Gasteiger partial charge in [-0.2, -0.15) is 0 Å². The van der Waals surface area contributed by atoms with Crippen molar-refractivity contribution in [3.05, 3.63) is 28.8 Å². The Hall–Kier alpha value is -1.59. The molecule has 1 fully saturated rings. The Morgan fingerprint density at radius 2 is 2.00 bits per heavy atom. The first kappa shape index (κ1) is 16.8. The summed E-state index contributed by atoms with van der Waals surface area (Å²) >= 11 is 6.06. The third-order valence-electron chi connectivity index (χ3n) is 3.94. The average Bonchev–Trinajstić information content (AvgIpc) is 2.69. The van der Waals surface area contributed by atoms with Crippen molar-refractivity contribution in [3.8, 4) is 0 Å². The highest BCUT2D eigenvalue weighted by Crippen LogP contribution is 2.22. The number of halogens is 1. The summed E-state index contributed by atoms with van der Waals surface area (Å²) in [7, 11) is 0. The van der Waals surface area contributed by atoms with Crippen LogP contribution < -0.4 is 5.32 Å². The third kappa shape index (κ3) is 4.45. The highest BCUT2D eigenvalue weighted by Gasteiger charge is 2.18. The van der Waals surface area contributed by atoms with Gasteiger partial charge in [-0.05, 0) is 31.0 Å². The minimum absolute atomic E-state index is 0.0540. The average molecular weight is 324 g/mol. The number of carbonyl (C=O) groups is 2. The third-order valence-corrected chi connectivity index (χ3v) is 4.35. The predicted octanol–water partition coefficient (Wildman–Crippen LogP) is 2.14. The van der Waals surface area contributed by atoms with Gasteiger partial charge in [0.2, 0.25) is 11.8 Å². The van der Waals surface area contributed by atoms with Crippen LogP contribution in [0.5, 0.6) is 0 Å². The zero-order valence-corrected chi connectivity index (χ0v) is 13.8. The van der Waals surface area contributed by atoms with Crippen molar-refractivity contribution in [3.63, 3.8) is 0 Å². The standard InChI is InChI=1S/C16H22ClN3O2/c1-12-14(17)5-3-6-15(12)18-16(22)11-19-7-4-8-20(10-9-19)13(2)21/h3,5-6H,4,7-11H2,1-2H3,(H,18,22). The Labute approximate surface area is 136 Å². The Morgan fingerprint density at radius 1 is 1.23 bits per heavy atom. The smallest absolute Gasteiger partial charge is 0.238 e. The van der Waals surface area contributed by atoms with E-state index < -0.39 is 0 Å². The van der Waals surface area contributed by atoms with Gasteiger partial charge in [0.05, 0.1) is 6.54 Å². The Kier molecular flexibility index (Phi) is 5.80. The molecule has 0 saturated carbocycles. The highest BCUT2D eigenvalue weighted by atomic mass is 35.5. The lowest BCUT2D eigenvalue weighted by atomic mass is 10.2. The number of anilines is 1. The number of hydrogen-bond donors (Lipinski definition) is 1. The molecule has 2 amide bonds. The first-order valence-corrected chi connectivity index (χ1v) is 7.88. The van der Waals surface area contributed by atoms with E-state index in [2.05, 4.69) is 10.2 Å². The fourth-order valence-corrected chi connectivity index (χ4v) is 2.75. The summed E-state index contributed by atoms with van der Waals surface area (Å²) in [5.41, 5.74) is 1.62. The maximum absolute atomic E-state index is 12.2. The van der Waals surface area contributed by atoms with Crippen LogP contribution in [0.2, 0.25) is 5.02 Å². The monoisotopic (exact) mass is 323 g/mol. The summed E-state index contributed by atoms with van der Waals surface area (Å²) in [5, 5.41) is 3.55. The molecule has 0 unspecified atom stereocenters. The fourth-order valence-electron chi connectivity index (χ4n) is 2.58. The first-order chi connectivity index (χ1) is 10.5. The van der Waals surface area contributed by atoms with Crippen molar-refractivity contribution in [1.29, 1.82) is 0 Å². The summed E-state index contributed by atoms with van der Waals surface area (Å²) in [6.45, 7) is 6.80. The lowest BCUT2D eigenvalue weighted by molar-refractivity contribution is -0.128. The van der Waals surface area contributed by atoms with Crippen LogP contribution in [0.4, 0.5) is 5.69 Å². The molecular weight excluding hydrogens is 302 g/mol. The van der Waals surface area contributed by atoms with Gasteiger partial charge in [-0.3, -0.25) is 14.5 Å². The van der Waals surface area contributed by atoms with Crippen molar-refractivity contribution in [2.45, 2.75) is 20.3 Å². The molecule has 5 nitrogen and oxygen atoms in total. The summed E-state index contributed by atoms with van der Waals surface area (Å²) in [6.07, 6.45) is 0.892. The Bertz CT molecular complexity index is 562. The maximum atomic E-state index is 12.2. The largest absolute Gasteiger partial charge is 0.342 e. The van der Waals surface area contributed by atoms with Crippen molar-refractivity contribution in [2.75, 3.05) is 38.0 Å². The molecule has 0 radical (unpaired) electrons. The summed E-state index contributed by atoms with van der Waals surface area (Å²) < 4.78 is 0. The van der Waals surface area contributed by atoms with E-state index in [1.165, 1.54) is 0 Å². The molecule has 1 aromatic rings. The van der Waals surface area contributed by atoms with Gasteiger partial charge in [-0.25, -0.2) is 0 Å². The molecule has 1 heterocycles. The van der Waals surface area contributed by atoms with Gasteiger partial charge < -0.3 is 10.2 Å². The van der Waals surface area contributed by atoms with E-state index in [4.69, 9.17) is 11.6 Å². The number of rotatable bonds is 3. The Morgan fingerprint density at radius 3 is 2.73 bits per heavy atom. The SMILES string of the molecule is CC(=O)N1CCCN(CC(=O)Nc2cccc(Cl)c2C)CC1. The van der Waals surface area contributed by atoms with Gasteiger partial charge >= 0.3 is 0 Å². The van der Waals surface area contributed by atoms with Crippen LogP contribution in [-0.4, -0.2) is 54.3 Å². The molecule has 6 heteroatoms. The number of hydrogen-bond acceptors (Lipinski definition) is 3. The molecule has 120 valence electrons. The second-order valence-corrected chi connectivity index (χ2v) is 6.00. The van der Waals surface area contributed by atoms with Gasteiger partial charge in [0, 0.05) is 43.8 Å². The molecule has 1 aliphatic rings. The second-order valence-electron chi connectivity index (χ2n) is 5.60.